The maximum absolute atomic E-state index is 13.1. The molecule has 0 bridgehead atoms. The van der Waals surface area contributed by atoms with E-state index in [1.54, 1.807) is 4.90 Å². The van der Waals surface area contributed by atoms with Crippen LogP contribution >= 0.6 is 0 Å². The lowest BCUT2D eigenvalue weighted by atomic mass is 10.1. The predicted octanol–water partition coefficient (Wildman–Crippen LogP) is 3.50. The first-order chi connectivity index (χ1) is 12.8. The van der Waals surface area contributed by atoms with Crippen molar-refractivity contribution in [3.63, 3.8) is 0 Å². The number of rotatable bonds is 8. The molecule has 1 heterocycles. The molecule has 2 aromatic rings. The summed E-state index contributed by atoms with van der Waals surface area (Å²) in [5, 5.41) is 2.77. The highest BCUT2D eigenvalue weighted by molar-refractivity contribution is 5.94. The Kier molecular flexibility index (Phi) is 7.10. The van der Waals surface area contributed by atoms with Crippen LogP contribution in [0.15, 0.2) is 34.9 Å². The maximum atomic E-state index is 13.1. The van der Waals surface area contributed by atoms with Gasteiger partial charge in [-0.2, -0.15) is 0 Å². The van der Waals surface area contributed by atoms with Gasteiger partial charge in [0.1, 0.15) is 12.1 Å². The molecule has 1 aromatic carbocycles. The molecule has 0 saturated heterocycles. The summed E-state index contributed by atoms with van der Waals surface area (Å²) in [7, 11) is 0. The van der Waals surface area contributed by atoms with Crippen molar-refractivity contribution >= 4 is 11.8 Å². The van der Waals surface area contributed by atoms with E-state index in [1.807, 2.05) is 27.7 Å². The average molecular weight is 375 g/mol. The zero-order valence-corrected chi connectivity index (χ0v) is 16.2. The van der Waals surface area contributed by atoms with E-state index >= 15 is 0 Å². The fourth-order valence-corrected chi connectivity index (χ4v) is 2.47. The Balaban J connectivity index is 2.11. The standard InChI is InChI=1S/C20H26FN3O3/c1-13(2)9-22-19(25)17-12-27-18(23-17)11-24(10-14(3)4)20(26)15-5-7-16(21)8-6-15/h5-8,12-14H,9-11H2,1-4H3,(H,22,25). The molecule has 27 heavy (non-hydrogen) atoms. The average Bonchev–Trinajstić information content (AvgIpc) is 3.07. The summed E-state index contributed by atoms with van der Waals surface area (Å²) < 4.78 is 18.5. The normalized spacial score (nSPS) is 11.1. The van der Waals surface area contributed by atoms with Crippen molar-refractivity contribution in [3.8, 4) is 0 Å². The summed E-state index contributed by atoms with van der Waals surface area (Å²) in [6.45, 7) is 9.14. The first kappa shape index (κ1) is 20.6. The van der Waals surface area contributed by atoms with E-state index in [0.29, 0.717) is 24.6 Å². The van der Waals surface area contributed by atoms with Gasteiger partial charge in [0.15, 0.2) is 5.69 Å². The third-order valence-electron chi connectivity index (χ3n) is 3.75. The van der Waals surface area contributed by atoms with E-state index in [-0.39, 0.29) is 35.9 Å². The van der Waals surface area contributed by atoms with Gasteiger partial charge in [0.05, 0.1) is 6.54 Å². The molecule has 1 aromatic heterocycles. The van der Waals surface area contributed by atoms with Crippen molar-refractivity contribution in [2.75, 3.05) is 13.1 Å². The lowest BCUT2D eigenvalue weighted by Gasteiger charge is -2.23. The number of amides is 2. The van der Waals surface area contributed by atoms with E-state index in [4.69, 9.17) is 4.42 Å². The fourth-order valence-electron chi connectivity index (χ4n) is 2.47. The van der Waals surface area contributed by atoms with Crippen LogP contribution in [-0.2, 0) is 6.54 Å². The zero-order chi connectivity index (χ0) is 20.0. The minimum absolute atomic E-state index is 0.131. The van der Waals surface area contributed by atoms with Crippen molar-refractivity contribution in [2.45, 2.75) is 34.2 Å². The molecule has 6 nitrogen and oxygen atoms in total. The number of nitrogens with one attached hydrogen (secondary N) is 1. The quantitative estimate of drug-likeness (QED) is 0.766. The fraction of sp³-hybridized carbons (Fsp3) is 0.450. The monoisotopic (exact) mass is 375 g/mol. The molecule has 0 atom stereocenters. The Hall–Kier alpha value is -2.70. The molecule has 0 aliphatic carbocycles. The van der Waals surface area contributed by atoms with Crippen molar-refractivity contribution in [3.05, 3.63) is 53.5 Å². The number of carbonyl (C=O) groups is 2. The van der Waals surface area contributed by atoms with Gasteiger partial charge in [-0.15, -0.1) is 0 Å². The second kappa shape index (κ2) is 9.30. The van der Waals surface area contributed by atoms with Crippen molar-refractivity contribution in [1.82, 2.24) is 15.2 Å². The molecule has 1 N–H and O–H groups in total. The van der Waals surface area contributed by atoms with Crippen LogP contribution < -0.4 is 5.32 Å². The third-order valence-corrected chi connectivity index (χ3v) is 3.75. The molecule has 2 rings (SSSR count). The molecule has 7 heteroatoms. The number of oxazole rings is 1. The van der Waals surface area contributed by atoms with Gasteiger partial charge in [-0.05, 0) is 36.1 Å². The SMILES string of the molecule is CC(C)CNC(=O)c1coc(CN(CC(C)C)C(=O)c2ccc(F)cc2)n1. The lowest BCUT2D eigenvalue weighted by Crippen LogP contribution is -2.34. The molecule has 0 spiro atoms. The molecule has 2 amide bonds. The molecule has 0 radical (unpaired) electrons. The Labute approximate surface area is 158 Å². The van der Waals surface area contributed by atoms with Crippen LogP contribution in [0.1, 0.15) is 54.4 Å². The van der Waals surface area contributed by atoms with E-state index in [0.717, 1.165) is 0 Å². The first-order valence-electron chi connectivity index (χ1n) is 9.03. The molecular weight excluding hydrogens is 349 g/mol. The van der Waals surface area contributed by atoms with Gasteiger partial charge in [-0.3, -0.25) is 9.59 Å². The molecule has 0 fully saturated rings. The molecule has 0 saturated carbocycles. The number of aromatic nitrogens is 1. The number of nitrogens with zero attached hydrogens (tertiary/aromatic N) is 2. The van der Waals surface area contributed by atoms with Gasteiger partial charge in [0, 0.05) is 18.7 Å². The van der Waals surface area contributed by atoms with E-state index in [9.17, 15) is 14.0 Å². The van der Waals surface area contributed by atoms with Gasteiger partial charge < -0.3 is 14.6 Å². The highest BCUT2D eigenvalue weighted by Crippen LogP contribution is 2.13. The number of hydrogen-bond donors (Lipinski definition) is 1. The highest BCUT2D eigenvalue weighted by atomic mass is 19.1. The summed E-state index contributed by atoms with van der Waals surface area (Å²) in [4.78, 5) is 30.6. The minimum Gasteiger partial charge on any atom is -0.446 e. The molecule has 146 valence electrons. The Morgan fingerprint density at radius 2 is 1.81 bits per heavy atom. The maximum Gasteiger partial charge on any atom is 0.273 e. The second-order valence-corrected chi connectivity index (χ2v) is 7.32. The molecule has 0 aliphatic heterocycles. The third kappa shape index (κ3) is 6.20. The predicted molar refractivity (Wildman–Crippen MR) is 99.7 cm³/mol. The second-order valence-electron chi connectivity index (χ2n) is 7.32. The summed E-state index contributed by atoms with van der Waals surface area (Å²) in [6.07, 6.45) is 1.29. The van der Waals surface area contributed by atoms with Crippen molar-refractivity contribution in [2.24, 2.45) is 11.8 Å². The van der Waals surface area contributed by atoms with E-state index < -0.39 is 5.82 Å². The Morgan fingerprint density at radius 1 is 1.15 bits per heavy atom. The summed E-state index contributed by atoms with van der Waals surface area (Å²) >= 11 is 0. The topological polar surface area (TPSA) is 75.4 Å². The van der Waals surface area contributed by atoms with Crippen LogP contribution in [0.4, 0.5) is 4.39 Å². The minimum atomic E-state index is -0.397. The van der Waals surface area contributed by atoms with E-state index in [1.165, 1.54) is 30.5 Å². The first-order valence-corrected chi connectivity index (χ1v) is 9.03. The van der Waals surface area contributed by atoms with Gasteiger partial charge in [0.25, 0.3) is 11.8 Å². The summed E-state index contributed by atoms with van der Waals surface area (Å²) in [6, 6.07) is 5.41. The smallest absolute Gasteiger partial charge is 0.273 e. The van der Waals surface area contributed by atoms with Gasteiger partial charge >= 0.3 is 0 Å². The molecule has 0 aliphatic rings. The number of carbonyl (C=O) groups excluding carboxylic acids is 2. The lowest BCUT2D eigenvalue weighted by molar-refractivity contribution is 0.0706. The van der Waals surface area contributed by atoms with Crippen LogP contribution in [0, 0.1) is 17.7 Å². The van der Waals surface area contributed by atoms with Gasteiger partial charge in [-0.1, -0.05) is 27.7 Å². The number of hydrogen-bond acceptors (Lipinski definition) is 4. The largest absolute Gasteiger partial charge is 0.446 e. The van der Waals surface area contributed by atoms with Crippen molar-refractivity contribution in [1.29, 1.82) is 0 Å². The van der Waals surface area contributed by atoms with Crippen LogP contribution in [-0.4, -0.2) is 34.8 Å². The molecule has 0 unspecified atom stereocenters. The number of halogens is 1. The number of benzene rings is 1. The van der Waals surface area contributed by atoms with Crippen LogP contribution in [0.25, 0.3) is 0 Å². The Morgan fingerprint density at radius 3 is 2.41 bits per heavy atom. The van der Waals surface area contributed by atoms with E-state index in [2.05, 4.69) is 10.3 Å². The van der Waals surface area contributed by atoms with Crippen LogP contribution in [0.2, 0.25) is 0 Å². The van der Waals surface area contributed by atoms with Crippen molar-refractivity contribution < 1.29 is 18.4 Å². The zero-order valence-electron chi connectivity index (χ0n) is 16.2. The summed E-state index contributed by atoms with van der Waals surface area (Å²) in [5.74, 6) is -0.118. The van der Waals surface area contributed by atoms with Crippen LogP contribution in [0.5, 0.6) is 0 Å². The Bertz CT molecular complexity index is 769. The highest BCUT2D eigenvalue weighted by Gasteiger charge is 2.21. The van der Waals surface area contributed by atoms with Crippen LogP contribution in [0.3, 0.4) is 0 Å². The van der Waals surface area contributed by atoms with Gasteiger partial charge in [-0.25, -0.2) is 9.37 Å². The van der Waals surface area contributed by atoms with Gasteiger partial charge in [0.2, 0.25) is 5.89 Å². The summed E-state index contributed by atoms with van der Waals surface area (Å²) in [5.41, 5.74) is 0.572. The molecular formula is C20H26FN3O3.